The number of esters is 1. The maximum atomic E-state index is 14.3. The smallest absolute Gasteiger partial charge is 0.340 e. The molecule has 6 heteroatoms. The number of halogens is 1. The number of hydrogen-bond acceptors (Lipinski definition) is 5. The van der Waals surface area contributed by atoms with Gasteiger partial charge in [-0.15, -0.1) is 0 Å². The number of ether oxygens (including phenoxy) is 1. The number of nitrogens with one attached hydrogen (secondary N) is 1. The summed E-state index contributed by atoms with van der Waals surface area (Å²) in [5, 5.41) is 3.81. The first kappa shape index (κ1) is 20.8. The number of nitrogens with zero attached hydrogens (tertiary/aromatic N) is 1. The lowest BCUT2D eigenvalue weighted by molar-refractivity contribution is 0.00709. The molecule has 0 aliphatic rings. The van der Waals surface area contributed by atoms with Crippen molar-refractivity contribution in [2.45, 2.75) is 47.1 Å². The minimum atomic E-state index is -0.620. The standard InChI is InChI=1S/C19H19FN2O2S.C2H6/c1-11-5-7-15(14(20)9-11)22-17-12(18(23)24-19(2,3)4)6-8-16-13(17)10-21-25-16;1-2/h5-10,22H,1-4H3;1-2H3. The van der Waals surface area contributed by atoms with Crippen molar-refractivity contribution in [1.82, 2.24) is 4.37 Å². The summed E-state index contributed by atoms with van der Waals surface area (Å²) < 4.78 is 24.8. The third kappa shape index (κ3) is 5.04. The Kier molecular flexibility index (Phi) is 6.54. The van der Waals surface area contributed by atoms with Gasteiger partial charge in [-0.2, -0.15) is 4.37 Å². The Labute approximate surface area is 163 Å². The van der Waals surface area contributed by atoms with Gasteiger partial charge in [0.25, 0.3) is 0 Å². The van der Waals surface area contributed by atoms with Gasteiger partial charge in [-0.05, 0) is 69.1 Å². The van der Waals surface area contributed by atoms with Crippen LogP contribution >= 0.6 is 11.5 Å². The quantitative estimate of drug-likeness (QED) is 0.523. The Hall–Kier alpha value is -2.47. The van der Waals surface area contributed by atoms with E-state index in [-0.39, 0.29) is 5.82 Å². The molecule has 0 amide bonds. The highest BCUT2D eigenvalue weighted by Gasteiger charge is 2.22. The maximum absolute atomic E-state index is 14.3. The summed E-state index contributed by atoms with van der Waals surface area (Å²) in [7, 11) is 0. The highest BCUT2D eigenvalue weighted by Crippen LogP contribution is 2.34. The van der Waals surface area contributed by atoms with Crippen LogP contribution in [0, 0.1) is 12.7 Å². The Morgan fingerprint density at radius 1 is 1.19 bits per heavy atom. The number of carbonyl (C=O) groups excluding carboxylic acids is 1. The topological polar surface area (TPSA) is 51.2 Å². The van der Waals surface area contributed by atoms with Gasteiger partial charge in [-0.1, -0.05) is 19.9 Å². The van der Waals surface area contributed by atoms with Crippen molar-refractivity contribution in [3.05, 3.63) is 53.5 Å². The van der Waals surface area contributed by atoms with E-state index in [9.17, 15) is 9.18 Å². The summed E-state index contributed by atoms with van der Waals surface area (Å²) in [5.74, 6) is -0.842. The highest BCUT2D eigenvalue weighted by molar-refractivity contribution is 7.13. The van der Waals surface area contributed by atoms with Crippen molar-refractivity contribution in [3.8, 4) is 0 Å². The van der Waals surface area contributed by atoms with Gasteiger partial charge >= 0.3 is 5.97 Å². The molecule has 2 aromatic carbocycles. The van der Waals surface area contributed by atoms with Gasteiger partial charge in [0.2, 0.25) is 0 Å². The number of aryl methyl sites for hydroxylation is 1. The molecule has 0 fully saturated rings. The fourth-order valence-corrected chi connectivity index (χ4v) is 3.09. The predicted molar refractivity (Wildman–Crippen MR) is 111 cm³/mol. The Bertz CT molecular complexity index is 945. The van der Waals surface area contributed by atoms with Crippen molar-refractivity contribution in [2.24, 2.45) is 0 Å². The van der Waals surface area contributed by atoms with Gasteiger partial charge in [0.05, 0.1) is 27.8 Å². The molecule has 0 aliphatic carbocycles. The number of aromatic nitrogens is 1. The minimum absolute atomic E-state index is 0.300. The van der Waals surface area contributed by atoms with E-state index in [0.717, 1.165) is 15.6 Å². The summed E-state index contributed by atoms with van der Waals surface area (Å²) in [6.45, 7) is 11.2. The molecule has 1 N–H and O–H groups in total. The average molecular weight is 389 g/mol. The number of carbonyl (C=O) groups is 1. The van der Waals surface area contributed by atoms with Crippen molar-refractivity contribution >= 4 is 39.0 Å². The lowest BCUT2D eigenvalue weighted by Crippen LogP contribution is -2.24. The zero-order chi connectivity index (χ0) is 20.2. The van der Waals surface area contributed by atoms with Crippen molar-refractivity contribution in [1.29, 1.82) is 0 Å². The van der Waals surface area contributed by atoms with Gasteiger partial charge in [-0.25, -0.2) is 9.18 Å². The van der Waals surface area contributed by atoms with E-state index in [1.54, 1.807) is 18.3 Å². The first-order valence-electron chi connectivity index (χ1n) is 8.88. The van der Waals surface area contributed by atoms with Gasteiger partial charge in [-0.3, -0.25) is 0 Å². The Balaban J connectivity index is 0.00000126. The van der Waals surface area contributed by atoms with E-state index in [0.29, 0.717) is 16.9 Å². The van der Waals surface area contributed by atoms with E-state index < -0.39 is 11.6 Å². The Morgan fingerprint density at radius 3 is 2.52 bits per heavy atom. The molecule has 0 saturated heterocycles. The fourth-order valence-electron chi connectivity index (χ4n) is 2.44. The lowest BCUT2D eigenvalue weighted by Gasteiger charge is -2.21. The number of anilines is 2. The van der Waals surface area contributed by atoms with Gasteiger partial charge < -0.3 is 10.1 Å². The van der Waals surface area contributed by atoms with Crippen LogP contribution in [0.1, 0.15) is 50.5 Å². The van der Waals surface area contributed by atoms with Gasteiger partial charge in [0.1, 0.15) is 11.4 Å². The van der Waals surface area contributed by atoms with Crippen LogP contribution in [0.15, 0.2) is 36.5 Å². The number of fused-ring (bicyclic) bond motifs is 1. The van der Waals surface area contributed by atoms with Crippen LogP contribution in [0.5, 0.6) is 0 Å². The number of hydrogen-bond donors (Lipinski definition) is 1. The summed E-state index contributed by atoms with van der Waals surface area (Å²) in [4.78, 5) is 12.6. The van der Waals surface area contributed by atoms with Crippen LogP contribution in [0.25, 0.3) is 10.1 Å². The molecule has 0 unspecified atom stereocenters. The van der Waals surface area contributed by atoms with E-state index in [1.165, 1.54) is 17.6 Å². The van der Waals surface area contributed by atoms with Crippen LogP contribution in [0.2, 0.25) is 0 Å². The molecule has 0 radical (unpaired) electrons. The SMILES string of the molecule is CC.Cc1ccc(Nc2c(C(=O)OC(C)(C)C)ccc3sncc23)c(F)c1. The van der Waals surface area contributed by atoms with Crippen molar-refractivity contribution < 1.29 is 13.9 Å². The number of rotatable bonds is 3. The second kappa shape index (κ2) is 8.48. The fraction of sp³-hybridized carbons (Fsp3) is 0.333. The largest absolute Gasteiger partial charge is 0.456 e. The predicted octanol–water partition coefficient (Wildman–Crippen LogP) is 6.47. The molecule has 3 aromatic rings. The molecular weight excluding hydrogens is 363 g/mol. The first-order valence-corrected chi connectivity index (χ1v) is 9.66. The molecular formula is C21H25FN2O2S. The molecule has 0 saturated carbocycles. The molecule has 3 rings (SSSR count). The Morgan fingerprint density at radius 2 is 1.89 bits per heavy atom. The van der Waals surface area contributed by atoms with Gasteiger partial charge in [0, 0.05) is 5.39 Å². The second-order valence-electron chi connectivity index (χ2n) is 6.84. The van der Waals surface area contributed by atoms with Crippen LogP contribution in [-0.2, 0) is 4.74 Å². The molecule has 0 aliphatic heterocycles. The molecule has 0 bridgehead atoms. The minimum Gasteiger partial charge on any atom is -0.456 e. The zero-order valence-corrected chi connectivity index (χ0v) is 17.3. The maximum Gasteiger partial charge on any atom is 0.340 e. The van der Waals surface area contributed by atoms with Crippen molar-refractivity contribution in [3.63, 3.8) is 0 Å². The van der Waals surface area contributed by atoms with Gasteiger partial charge in [0.15, 0.2) is 0 Å². The number of benzene rings is 2. The van der Waals surface area contributed by atoms with Crippen LogP contribution in [0.4, 0.5) is 15.8 Å². The molecule has 1 heterocycles. The van der Waals surface area contributed by atoms with Crippen molar-refractivity contribution in [2.75, 3.05) is 5.32 Å². The molecule has 0 spiro atoms. The third-order valence-corrected chi connectivity index (χ3v) is 4.30. The van der Waals surface area contributed by atoms with E-state index in [2.05, 4.69) is 9.69 Å². The molecule has 144 valence electrons. The summed E-state index contributed by atoms with van der Waals surface area (Å²) >= 11 is 1.32. The normalized spacial score (nSPS) is 10.9. The zero-order valence-electron chi connectivity index (χ0n) is 16.5. The molecule has 1 aromatic heterocycles. The van der Waals surface area contributed by atoms with Crippen LogP contribution in [0.3, 0.4) is 0 Å². The summed E-state index contributed by atoms with van der Waals surface area (Å²) in [6, 6.07) is 8.42. The summed E-state index contributed by atoms with van der Waals surface area (Å²) in [6.07, 6.45) is 1.67. The molecule has 27 heavy (non-hydrogen) atoms. The van der Waals surface area contributed by atoms with Crippen LogP contribution in [-0.4, -0.2) is 15.9 Å². The van der Waals surface area contributed by atoms with E-state index in [4.69, 9.17) is 4.74 Å². The monoisotopic (exact) mass is 388 g/mol. The second-order valence-corrected chi connectivity index (χ2v) is 7.67. The molecule has 0 atom stereocenters. The molecule has 4 nitrogen and oxygen atoms in total. The van der Waals surface area contributed by atoms with Crippen LogP contribution < -0.4 is 5.32 Å². The third-order valence-electron chi connectivity index (χ3n) is 3.54. The highest BCUT2D eigenvalue weighted by atomic mass is 32.1. The summed E-state index contributed by atoms with van der Waals surface area (Å²) in [5.41, 5.74) is 1.36. The lowest BCUT2D eigenvalue weighted by atomic mass is 10.1. The van der Waals surface area contributed by atoms with E-state index >= 15 is 0 Å². The average Bonchev–Trinajstić information content (AvgIpc) is 3.06. The van der Waals surface area contributed by atoms with E-state index in [1.807, 2.05) is 53.7 Å². The first-order chi connectivity index (χ1) is 12.7.